The molecule has 0 radical (unpaired) electrons. The average Bonchev–Trinajstić information content (AvgIpc) is 3.20. The molecule has 2 amide bonds. The Labute approximate surface area is 189 Å². The van der Waals surface area contributed by atoms with E-state index < -0.39 is 0 Å². The molecule has 31 heavy (non-hydrogen) atoms. The Morgan fingerprint density at radius 3 is 2.61 bits per heavy atom. The van der Waals surface area contributed by atoms with Crippen molar-refractivity contribution in [2.75, 3.05) is 39.3 Å². The minimum atomic E-state index is 0.250. The number of hydrogen-bond acceptors (Lipinski definition) is 5. The van der Waals surface area contributed by atoms with Gasteiger partial charge < -0.3 is 9.80 Å². The van der Waals surface area contributed by atoms with Crippen molar-refractivity contribution in [3.63, 3.8) is 0 Å². The second kappa shape index (κ2) is 10.6. The minimum Gasteiger partial charge on any atom is -0.340 e. The van der Waals surface area contributed by atoms with Gasteiger partial charge in [-0.25, -0.2) is 4.98 Å². The fraction of sp³-hybridized carbons (Fsp3) is 0.625. The number of nitrogens with zero attached hydrogens (tertiary/aromatic N) is 4. The Kier molecular flexibility index (Phi) is 7.56. The number of aryl methyl sites for hydroxylation is 1. The molecular formula is C24H34N4O2S. The maximum Gasteiger partial charge on any atom is 0.236 e. The summed E-state index contributed by atoms with van der Waals surface area (Å²) < 4.78 is 1.24. The van der Waals surface area contributed by atoms with Gasteiger partial charge in [-0.1, -0.05) is 12.1 Å². The minimum absolute atomic E-state index is 0.250. The maximum atomic E-state index is 12.6. The highest BCUT2D eigenvalue weighted by molar-refractivity contribution is 7.18. The van der Waals surface area contributed by atoms with E-state index in [0.29, 0.717) is 19.0 Å². The van der Waals surface area contributed by atoms with Crippen molar-refractivity contribution in [3.8, 4) is 0 Å². The van der Waals surface area contributed by atoms with Crippen LogP contribution < -0.4 is 0 Å². The molecule has 1 atom stereocenters. The van der Waals surface area contributed by atoms with E-state index in [9.17, 15) is 9.59 Å². The lowest BCUT2D eigenvalue weighted by atomic mass is 10.0. The number of fused-ring (bicyclic) bond motifs is 1. The van der Waals surface area contributed by atoms with Crippen molar-refractivity contribution in [2.45, 2.75) is 57.9 Å². The molecule has 2 saturated heterocycles. The third-order valence-corrected chi connectivity index (χ3v) is 7.67. The van der Waals surface area contributed by atoms with Gasteiger partial charge in [0, 0.05) is 45.2 Å². The second-order valence-electron chi connectivity index (χ2n) is 8.87. The quantitative estimate of drug-likeness (QED) is 0.616. The lowest BCUT2D eigenvalue weighted by molar-refractivity contribution is -0.137. The van der Waals surface area contributed by atoms with Crippen LogP contribution in [-0.4, -0.2) is 76.8 Å². The van der Waals surface area contributed by atoms with Gasteiger partial charge in [-0.2, -0.15) is 0 Å². The molecule has 0 N–H and O–H groups in total. The zero-order chi connectivity index (χ0) is 21.6. The van der Waals surface area contributed by atoms with E-state index in [1.54, 1.807) is 11.3 Å². The average molecular weight is 443 g/mol. The molecule has 2 aromatic rings. The third-order valence-electron chi connectivity index (χ3n) is 6.58. The molecule has 7 heteroatoms. The van der Waals surface area contributed by atoms with Gasteiger partial charge in [-0.05, 0) is 57.6 Å². The topological polar surface area (TPSA) is 56.8 Å². The number of aromatic nitrogens is 1. The number of piperazine rings is 1. The number of rotatable bonds is 7. The lowest BCUT2D eigenvalue weighted by Gasteiger charge is -2.38. The van der Waals surface area contributed by atoms with E-state index in [0.717, 1.165) is 75.4 Å². The van der Waals surface area contributed by atoms with Gasteiger partial charge in [0.1, 0.15) is 0 Å². The van der Waals surface area contributed by atoms with Crippen molar-refractivity contribution in [1.82, 2.24) is 19.7 Å². The summed E-state index contributed by atoms with van der Waals surface area (Å²) in [5.41, 5.74) is 1.07. The molecule has 0 spiro atoms. The molecule has 1 unspecified atom stereocenters. The highest BCUT2D eigenvalue weighted by Gasteiger charge is 2.27. The number of likely N-dealkylation sites (tertiary alicyclic amines) is 1. The molecule has 2 aliphatic rings. The molecule has 0 saturated carbocycles. The molecule has 4 rings (SSSR count). The Hall–Kier alpha value is -1.99. The first-order valence-electron chi connectivity index (χ1n) is 11.7. The number of benzene rings is 1. The van der Waals surface area contributed by atoms with Crippen LogP contribution in [0, 0.1) is 0 Å². The molecule has 2 aliphatic heterocycles. The van der Waals surface area contributed by atoms with Crippen LogP contribution >= 0.6 is 11.3 Å². The second-order valence-corrected chi connectivity index (χ2v) is 9.99. The van der Waals surface area contributed by atoms with Crippen LogP contribution in [0.15, 0.2) is 24.3 Å². The SMILES string of the molecule is CC1CCCCN1C(=O)CN1CCN(C(=O)CCCCc2nc3ccccc3s2)CC1. The van der Waals surface area contributed by atoms with Crippen molar-refractivity contribution >= 4 is 33.4 Å². The van der Waals surface area contributed by atoms with Gasteiger partial charge in [-0.3, -0.25) is 14.5 Å². The van der Waals surface area contributed by atoms with Crippen LogP contribution in [0.2, 0.25) is 0 Å². The van der Waals surface area contributed by atoms with Crippen LogP contribution in [0.5, 0.6) is 0 Å². The molecule has 168 valence electrons. The zero-order valence-corrected chi connectivity index (χ0v) is 19.4. The first kappa shape index (κ1) is 22.2. The molecule has 6 nitrogen and oxygen atoms in total. The highest BCUT2D eigenvalue weighted by atomic mass is 32.1. The first-order chi connectivity index (χ1) is 15.1. The van der Waals surface area contributed by atoms with Crippen molar-refractivity contribution in [1.29, 1.82) is 0 Å². The molecular weight excluding hydrogens is 408 g/mol. The standard InChI is InChI=1S/C24H34N4O2S/c1-19-8-6-7-13-28(19)24(30)18-26-14-16-27(17-15-26)23(29)12-5-4-11-22-25-20-9-2-3-10-21(20)31-22/h2-3,9-10,19H,4-8,11-18H2,1H3. The molecule has 3 heterocycles. The normalized spacial score (nSPS) is 20.4. The monoisotopic (exact) mass is 442 g/mol. The molecule has 1 aromatic heterocycles. The van der Waals surface area contributed by atoms with Gasteiger partial charge in [0.2, 0.25) is 11.8 Å². The molecule has 0 aliphatic carbocycles. The zero-order valence-electron chi connectivity index (χ0n) is 18.6. The Balaban J connectivity index is 1.13. The summed E-state index contributed by atoms with van der Waals surface area (Å²) >= 11 is 1.76. The van der Waals surface area contributed by atoms with Crippen LogP contribution in [-0.2, 0) is 16.0 Å². The van der Waals surface area contributed by atoms with E-state index in [2.05, 4.69) is 28.9 Å². The first-order valence-corrected chi connectivity index (χ1v) is 12.6. The number of carbonyl (C=O) groups excluding carboxylic acids is 2. The smallest absolute Gasteiger partial charge is 0.236 e. The summed E-state index contributed by atoms with van der Waals surface area (Å²) in [6.45, 7) is 6.62. The number of amides is 2. The van der Waals surface area contributed by atoms with Gasteiger partial charge in [-0.15, -0.1) is 11.3 Å². The predicted molar refractivity (Wildman–Crippen MR) is 125 cm³/mol. The fourth-order valence-corrected chi connectivity index (χ4v) is 5.65. The summed E-state index contributed by atoms with van der Waals surface area (Å²) in [6, 6.07) is 8.60. The number of para-hydroxylation sites is 1. The van der Waals surface area contributed by atoms with Crippen LogP contribution in [0.25, 0.3) is 10.2 Å². The van der Waals surface area contributed by atoms with Gasteiger partial charge in [0.25, 0.3) is 0 Å². The summed E-state index contributed by atoms with van der Waals surface area (Å²) in [5.74, 6) is 0.502. The Morgan fingerprint density at radius 1 is 1.03 bits per heavy atom. The Morgan fingerprint density at radius 2 is 1.84 bits per heavy atom. The van der Waals surface area contributed by atoms with Crippen LogP contribution in [0.3, 0.4) is 0 Å². The van der Waals surface area contributed by atoms with Crippen molar-refractivity contribution in [2.24, 2.45) is 0 Å². The van der Waals surface area contributed by atoms with Crippen molar-refractivity contribution < 1.29 is 9.59 Å². The molecule has 1 aromatic carbocycles. The van der Waals surface area contributed by atoms with E-state index in [1.807, 2.05) is 21.9 Å². The van der Waals surface area contributed by atoms with E-state index in [-0.39, 0.29) is 11.8 Å². The number of thiazole rings is 1. The Bertz CT molecular complexity index is 858. The lowest BCUT2D eigenvalue weighted by Crippen LogP contribution is -2.53. The summed E-state index contributed by atoms with van der Waals surface area (Å²) in [6.07, 6.45) is 6.91. The number of unbranched alkanes of at least 4 members (excludes halogenated alkanes) is 1. The number of hydrogen-bond donors (Lipinski definition) is 0. The predicted octanol–water partition coefficient (Wildman–Crippen LogP) is 3.55. The van der Waals surface area contributed by atoms with Gasteiger partial charge in [0.05, 0.1) is 21.8 Å². The fourth-order valence-electron chi connectivity index (χ4n) is 4.64. The van der Waals surface area contributed by atoms with Crippen LogP contribution in [0.1, 0.15) is 50.5 Å². The van der Waals surface area contributed by atoms with Crippen molar-refractivity contribution in [3.05, 3.63) is 29.3 Å². The van der Waals surface area contributed by atoms with Gasteiger partial charge in [0.15, 0.2) is 0 Å². The van der Waals surface area contributed by atoms with E-state index >= 15 is 0 Å². The number of piperidine rings is 1. The van der Waals surface area contributed by atoms with Gasteiger partial charge >= 0.3 is 0 Å². The summed E-state index contributed by atoms with van der Waals surface area (Å²) in [5, 5.41) is 1.16. The third kappa shape index (κ3) is 5.83. The largest absolute Gasteiger partial charge is 0.340 e. The molecule has 0 bridgehead atoms. The maximum absolute atomic E-state index is 12.6. The molecule has 2 fully saturated rings. The van der Waals surface area contributed by atoms with E-state index in [1.165, 1.54) is 11.1 Å². The van der Waals surface area contributed by atoms with Crippen LogP contribution in [0.4, 0.5) is 0 Å². The highest BCUT2D eigenvalue weighted by Crippen LogP contribution is 2.23. The summed E-state index contributed by atoms with van der Waals surface area (Å²) in [4.78, 5) is 36.1. The van der Waals surface area contributed by atoms with E-state index in [4.69, 9.17) is 0 Å². The number of carbonyl (C=O) groups is 2. The summed E-state index contributed by atoms with van der Waals surface area (Å²) in [7, 11) is 0.